The summed E-state index contributed by atoms with van der Waals surface area (Å²) in [5.41, 5.74) is 0.987. The molecule has 1 heterocycles. The molecule has 2 rings (SSSR count). The normalized spacial score (nSPS) is 23.5. The molecule has 88 valence electrons. The summed E-state index contributed by atoms with van der Waals surface area (Å²) >= 11 is 0. The molecule has 0 radical (unpaired) electrons. The van der Waals surface area contributed by atoms with Crippen molar-refractivity contribution in [1.29, 1.82) is 0 Å². The lowest BCUT2D eigenvalue weighted by molar-refractivity contribution is 0.170. The first-order valence-electron chi connectivity index (χ1n) is 5.90. The highest BCUT2D eigenvalue weighted by molar-refractivity contribution is 5.17. The Morgan fingerprint density at radius 1 is 1.44 bits per heavy atom. The Morgan fingerprint density at radius 2 is 2.19 bits per heavy atom. The first kappa shape index (κ1) is 11.6. The number of rotatable bonds is 4. The number of nitrogens with zero attached hydrogens (tertiary/aromatic N) is 1. The van der Waals surface area contributed by atoms with Gasteiger partial charge >= 0.3 is 0 Å². The maximum Gasteiger partial charge on any atom is 0.0914 e. The molecule has 1 aromatic rings. The lowest BCUT2D eigenvalue weighted by Crippen LogP contribution is -2.34. The topological polar surface area (TPSA) is 35.5 Å². The van der Waals surface area contributed by atoms with E-state index in [2.05, 4.69) is 17.3 Å². The van der Waals surface area contributed by atoms with Crippen LogP contribution >= 0.6 is 0 Å². The van der Waals surface area contributed by atoms with Crippen molar-refractivity contribution in [3.63, 3.8) is 0 Å². The molecular formula is C13H20N2O. The van der Waals surface area contributed by atoms with Gasteiger partial charge in [-0.3, -0.25) is 0 Å². The maximum absolute atomic E-state index is 9.97. The van der Waals surface area contributed by atoms with Crippen LogP contribution in [0.3, 0.4) is 0 Å². The summed E-state index contributed by atoms with van der Waals surface area (Å²) in [4.78, 5) is 2.31. The number of hydrogen-bond acceptors (Lipinski definition) is 3. The average Bonchev–Trinajstić information content (AvgIpc) is 2.73. The Morgan fingerprint density at radius 3 is 2.81 bits per heavy atom. The van der Waals surface area contributed by atoms with Crippen LogP contribution in [0.2, 0.25) is 0 Å². The summed E-state index contributed by atoms with van der Waals surface area (Å²) in [6.07, 6.45) is 0.782. The second-order valence-electron chi connectivity index (χ2n) is 4.58. The van der Waals surface area contributed by atoms with Gasteiger partial charge in [-0.15, -0.1) is 0 Å². The molecule has 16 heavy (non-hydrogen) atoms. The molecule has 0 aromatic heterocycles. The van der Waals surface area contributed by atoms with Gasteiger partial charge in [0, 0.05) is 19.1 Å². The third-order valence-electron chi connectivity index (χ3n) is 3.18. The number of benzene rings is 1. The highest BCUT2D eigenvalue weighted by Crippen LogP contribution is 2.12. The molecule has 2 unspecified atom stereocenters. The Balaban J connectivity index is 1.78. The van der Waals surface area contributed by atoms with Crippen molar-refractivity contribution in [2.24, 2.45) is 0 Å². The van der Waals surface area contributed by atoms with Crippen LogP contribution in [0.25, 0.3) is 0 Å². The lowest BCUT2D eigenvalue weighted by Gasteiger charge is -2.16. The van der Waals surface area contributed by atoms with Gasteiger partial charge in [0.25, 0.3) is 0 Å². The predicted molar refractivity (Wildman–Crippen MR) is 65.3 cm³/mol. The molecule has 3 nitrogen and oxygen atoms in total. The van der Waals surface area contributed by atoms with E-state index in [0.29, 0.717) is 12.6 Å². The third-order valence-corrected chi connectivity index (χ3v) is 3.18. The van der Waals surface area contributed by atoms with Crippen LogP contribution in [0, 0.1) is 0 Å². The van der Waals surface area contributed by atoms with Gasteiger partial charge in [0.15, 0.2) is 0 Å². The number of aliphatic hydroxyl groups is 1. The van der Waals surface area contributed by atoms with Gasteiger partial charge < -0.3 is 15.3 Å². The molecule has 1 saturated heterocycles. The SMILES string of the molecule is CN1CCC(NCC(O)c2ccccc2)C1. The summed E-state index contributed by atoms with van der Waals surface area (Å²) in [5, 5.41) is 13.4. The van der Waals surface area contributed by atoms with Gasteiger partial charge in [-0.1, -0.05) is 30.3 Å². The standard InChI is InChI=1S/C13H20N2O/c1-15-8-7-12(10-15)14-9-13(16)11-5-3-2-4-6-11/h2-6,12-14,16H,7-10H2,1H3. The molecular weight excluding hydrogens is 200 g/mol. The van der Waals surface area contributed by atoms with Crippen molar-refractivity contribution in [2.75, 3.05) is 26.7 Å². The minimum Gasteiger partial charge on any atom is -0.387 e. The molecule has 0 spiro atoms. The summed E-state index contributed by atoms with van der Waals surface area (Å²) in [6.45, 7) is 2.88. The number of nitrogens with one attached hydrogen (secondary N) is 1. The quantitative estimate of drug-likeness (QED) is 0.795. The molecule has 1 fully saturated rings. The molecule has 2 atom stereocenters. The van der Waals surface area contributed by atoms with Crippen molar-refractivity contribution >= 4 is 0 Å². The smallest absolute Gasteiger partial charge is 0.0914 e. The second kappa shape index (κ2) is 5.43. The van der Waals surface area contributed by atoms with Crippen LogP contribution < -0.4 is 5.32 Å². The van der Waals surface area contributed by atoms with Gasteiger partial charge in [0.05, 0.1) is 6.10 Å². The van der Waals surface area contributed by atoms with Crippen LogP contribution in [0.15, 0.2) is 30.3 Å². The minimum absolute atomic E-state index is 0.396. The molecule has 3 heteroatoms. The summed E-state index contributed by atoms with van der Waals surface area (Å²) in [5.74, 6) is 0. The Labute approximate surface area is 97.1 Å². The van der Waals surface area contributed by atoms with E-state index < -0.39 is 6.10 Å². The highest BCUT2D eigenvalue weighted by atomic mass is 16.3. The zero-order valence-electron chi connectivity index (χ0n) is 9.76. The fourth-order valence-electron chi connectivity index (χ4n) is 2.17. The molecule has 0 aliphatic carbocycles. The van der Waals surface area contributed by atoms with E-state index in [1.165, 1.54) is 6.42 Å². The predicted octanol–water partition coefficient (Wildman–Crippen LogP) is 1.01. The van der Waals surface area contributed by atoms with Crippen LogP contribution in [0.1, 0.15) is 18.1 Å². The largest absolute Gasteiger partial charge is 0.387 e. The third kappa shape index (κ3) is 3.04. The van der Waals surface area contributed by atoms with Crippen LogP contribution in [-0.2, 0) is 0 Å². The summed E-state index contributed by atoms with van der Waals surface area (Å²) in [7, 11) is 2.13. The maximum atomic E-state index is 9.97. The summed E-state index contributed by atoms with van der Waals surface area (Å²) < 4.78 is 0. The first-order chi connectivity index (χ1) is 7.75. The molecule has 0 saturated carbocycles. The van der Waals surface area contributed by atoms with Crippen LogP contribution in [-0.4, -0.2) is 42.7 Å². The monoisotopic (exact) mass is 220 g/mol. The van der Waals surface area contributed by atoms with Crippen molar-refractivity contribution in [1.82, 2.24) is 10.2 Å². The van der Waals surface area contributed by atoms with Crippen LogP contribution in [0.4, 0.5) is 0 Å². The fraction of sp³-hybridized carbons (Fsp3) is 0.538. The van der Waals surface area contributed by atoms with Gasteiger partial charge in [0.2, 0.25) is 0 Å². The minimum atomic E-state index is -0.396. The molecule has 1 aliphatic heterocycles. The van der Waals surface area contributed by atoms with Crippen molar-refractivity contribution in [3.8, 4) is 0 Å². The zero-order valence-corrected chi connectivity index (χ0v) is 9.76. The average molecular weight is 220 g/mol. The fourth-order valence-corrected chi connectivity index (χ4v) is 2.17. The summed E-state index contributed by atoms with van der Waals surface area (Å²) in [6, 6.07) is 10.3. The van der Waals surface area contributed by atoms with E-state index in [4.69, 9.17) is 0 Å². The molecule has 1 aromatic carbocycles. The van der Waals surface area contributed by atoms with Gasteiger partial charge in [-0.25, -0.2) is 0 Å². The Hall–Kier alpha value is -0.900. The van der Waals surface area contributed by atoms with Gasteiger partial charge in [-0.05, 0) is 25.6 Å². The van der Waals surface area contributed by atoms with Crippen molar-refractivity contribution in [2.45, 2.75) is 18.6 Å². The van der Waals surface area contributed by atoms with Gasteiger partial charge in [0.1, 0.15) is 0 Å². The van der Waals surface area contributed by atoms with Crippen molar-refractivity contribution in [3.05, 3.63) is 35.9 Å². The second-order valence-corrected chi connectivity index (χ2v) is 4.58. The van der Waals surface area contributed by atoms with E-state index in [1.54, 1.807) is 0 Å². The Kier molecular flexibility index (Phi) is 3.93. The molecule has 1 aliphatic rings. The number of hydrogen-bond donors (Lipinski definition) is 2. The molecule has 2 N–H and O–H groups in total. The zero-order chi connectivity index (χ0) is 11.4. The van der Waals surface area contributed by atoms with Crippen LogP contribution in [0.5, 0.6) is 0 Å². The van der Waals surface area contributed by atoms with E-state index in [-0.39, 0.29) is 0 Å². The van der Waals surface area contributed by atoms with E-state index >= 15 is 0 Å². The number of aliphatic hydroxyl groups excluding tert-OH is 1. The lowest BCUT2D eigenvalue weighted by atomic mass is 10.1. The van der Waals surface area contributed by atoms with E-state index in [0.717, 1.165) is 18.7 Å². The van der Waals surface area contributed by atoms with Crippen molar-refractivity contribution < 1.29 is 5.11 Å². The Bertz CT molecular complexity index is 315. The highest BCUT2D eigenvalue weighted by Gasteiger charge is 2.19. The molecule has 0 bridgehead atoms. The first-order valence-corrected chi connectivity index (χ1v) is 5.90. The van der Waals surface area contributed by atoms with E-state index in [1.807, 2.05) is 30.3 Å². The number of likely N-dealkylation sites (N-methyl/N-ethyl adjacent to an activating group) is 1. The van der Waals surface area contributed by atoms with E-state index in [9.17, 15) is 5.11 Å². The number of likely N-dealkylation sites (tertiary alicyclic amines) is 1. The molecule has 0 amide bonds. The van der Waals surface area contributed by atoms with Gasteiger partial charge in [-0.2, -0.15) is 0 Å².